The first kappa shape index (κ1) is 18.1. The number of carbonyl (C=O) groups excluding carboxylic acids is 2. The minimum Gasteiger partial charge on any atom is -0.452 e. The third kappa shape index (κ3) is 4.37. The van der Waals surface area contributed by atoms with E-state index in [4.69, 9.17) is 4.74 Å². The van der Waals surface area contributed by atoms with Crippen molar-refractivity contribution < 1.29 is 23.6 Å². The Labute approximate surface area is 142 Å². The van der Waals surface area contributed by atoms with Gasteiger partial charge in [0.05, 0.1) is 4.92 Å². The van der Waals surface area contributed by atoms with E-state index in [-0.39, 0.29) is 16.9 Å². The van der Waals surface area contributed by atoms with E-state index in [9.17, 15) is 24.1 Å². The molecule has 0 bridgehead atoms. The number of aryl methyl sites for hydroxylation is 2. The van der Waals surface area contributed by atoms with Gasteiger partial charge in [-0.1, -0.05) is 18.2 Å². The summed E-state index contributed by atoms with van der Waals surface area (Å²) in [4.78, 5) is 34.2. The molecule has 2 aromatic carbocycles. The maximum Gasteiger partial charge on any atom is 0.345 e. The number of anilines is 1. The Kier molecular flexibility index (Phi) is 5.43. The van der Waals surface area contributed by atoms with Crippen LogP contribution in [0.5, 0.6) is 0 Å². The van der Waals surface area contributed by atoms with E-state index >= 15 is 0 Å². The zero-order valence-electron chi connectivity index (χ0n) is 13.5. The van der Waals surface area contributed by atoms with Gasteiger partial charge in [0.15, 0.2) is 6.61 Å². The van der Waals surface area contributed by atoms with E-state index in [1.165, 1.54) is 37.3 Å². The lowest BCUT2D eigenvalue weighted by Crippen LogP contribution is -2.21. The van der Waals surface area contributed by atoms with Gasteiger partial charge in [-0.2, -0.15) is 0 Å². The molecule has 1 N–H and O–H groups in total. The molecule has 25 heavy (non-hydrogen) atoms. The second-order valence-corrected chi connectivity index (χ2v) is 5.32. The summed E-state index contributed by atoms with van der Waals surface area (Å²) < 4.78 is 18.2. The third-order valence-electron chi connectivity index (χ3n) is 3.43. The minimum atomic E-state index is -0.986. The van der Waals surface area contributed by atoms with Crippen LogP contribution in [0.1, 0.15) is 21.5 Å². The lowest BCUT2D eigenvalue weighted by Gasteiger charge is -2.08. The van der Waals surface area contributed by atoms with Crippen molar-refractivity contribution in [2.24, 2.45) is 0 Å². The number of nitro groups is 1. The van der Waals surface area contributed by atoms with Crippen molar-refractivity contribution in [1.82, 2.24) is 0 Å². The molecule has 0 spiro atoms. The van der Waals surface area contributed by atoms with Crippen molar-refractivity contribution in [3.05, 3.63) is 69.0 Å². The smallest absolute Gasteiger partial charge is 0.345 e. The fourth-order valence-electron chi connectivity index (χ4n) is 2.14. The normalized spacial score (nSPS) is 10.2. The second kappa shape index (κ2) is 7.52. The molecule has 2 aromatic rings. The van der Waals surface area contributed by atoms with Crippen LogP contribution in [0.4, 0.5) is 15.8 Å². The summed E-state index contributed by atoms with van der Waals surface area (Å²) in [5.41, 5.74) is 0.341. The van der Waals surface area contributed by atoms with E-state index in [0.29, 0.717) is 11.1 Å². The number of ether oxygens (including phenoxy) is 1. The van der Waals surface area contributed by atoms with E-state index in [2.05, 4.69) is 5.32 Å². The van der Waals surface area contributed by atoms with Crippen molar-refractivity contribution in [3.8, 4) is 0 Å². The number of nitrogens with one attached hydrogen (secondary N) is 1. The highest BCUT2D eigenvalue weighted by molar-refractivity contribution is 5.97. The Morgan fingerprint density at radius 1 is 1.20 bits per heavy atom. The molecule has 0 saturated heterocycles. The van der Waals surface area contributed by atoms with Crippen molar-refractivity contribution in [3.63, 3.8) is 0 Å². The lowest BCUT2D eigenvalue weighted by molar-refractivity contribution is -0.385. The van der Waals surface area contributed by atoms with Gasteiger partial charge in [0, 0.05) is 11.3 Å². The predicted molar refractivity (Wildman–Crippen MR) is 87.9 cm³/mol. The van der Waals surface area contributed by atoms with Crippen LogP contribution in [-0.2, 0) is 9.53 Å². The molecule has 0 aliphatic heterocycles. The number of carbonyl (C=O) groups is 2. The summed E-state index contributed by atoms with van der Waals surface area (Å²) in [5.74, 6) is -2.15. The molecule has 0 aromatic heterocycles. The SMILES string of the molecule is Cc1ccc(NC(=O)COC(=O)c2cccc(C)c2[N+](=O)[O-])cc1F. The van der Waals surface area contributed by atoms with Gasteiger partial charge in [-0.05, 0) is 37.6 Å². The van der Waals surface area contributed by atoms with Crippen LogP contribution < -0.4 is 5.32 Å². The van der Waals surface area contributed by atoms with Crippen molar-refractivity contribution in [1.29, 1.82) is 0 Å². The zero-order chi connectivity index (χ0) is 18.6. The van der Waals surface area contributed by atoms with Crippen LogP contribution in [0.15, 0.2) is 36.4 Å². The van der Waals surface area contributed by atoms with Crippen molar-refractivity contribution in [2.75, 3.05) is 11.9 Å². The Morgan fingerprint density at radius 2 is 1.92 bits per heavy atom. The zero-order valence-corrected chi connectivity index (χ0v) is 13.5. The molecular weight excluding hydrogens is 331 g/mol. The Morgan fingerprint density at radius 3 is 2.56 bits per heavy atom. The lowest BCUT2D eigenvalue weighted by atomic mass is 10.1. The fraction of sp³-hybridized carbons (Fsp3) is 0.176. The molecule has 0 heterocycles. The Balaban J connectivity index is 2.02. The highest BCUT2D eigenvalue weighted by Crippen LogP contribution is 2.23. The summed E-state index contributed by atoms with van der Waals surface area (Å²) in [5, 5.41) is 13.4. The van der Waals surface area contributed by atoms with Crippen LogP contribution in [0, 0.1) is 29.8 Å². The Bertz CT molecular complexity index is 851. The molecule has 130 valence electrons. The average molecular weight is 346 g/mol. The number of hydrogen-bond acceptors (Lipinski definition) is 5. The van der Waals surface area contributed by atoms with Crippen LogP contribution in [0.2, 0.25) is 0 Å². The van der Waals surface area contributed by atoms with Gasteiger partial charge >= 0.3 is 5.97 Å². The van der Waals surface area contributed by atoms with Crippen molar-refractivity contribution in [2.45, 2.75) is 13.8 Å². The van der Waals surface area contributed by atoms with Crippen LogP contribution in [0.25, 0.3) is 0 Å². The van der Waals surface area contributed by atoms with Gasteiger partial charge in [-0.25, -0.2) is 9.18 Å². The highest BCUT2D eigenvalue weighted by Gasteiger charge is 2.24. The minimum absolute atomic E-state index is 0.214. The number of nitro benzene ring substituents is 1. The van der Waals surface area contributed by atoms with Crippen LogP contribution in [-0.4, -0.2) is 23.4 Å². The van der Waals surface area contributed by atoms with Gasteiger partial charge in [0.1, 0.15) is 11.4 Å². The third-order valence-corrected chi connectivity index (χ3v) is 3.43. The Hall–Kier alpha value is -3.29. The van der Waals surface area contributed by atoms with Gasteiger partial charge in [-0.15, -0.1) is 0 Å². The maximum atomic E-state index is 13.4. The number of esters is 1. The molecule has 0 radical (unpaired) electrons. The fourth-order valence-corrected chi connectivity index (χ4v) is 2.14. The number of nitrogens with zero attached hydrogens (tertiary/aromatic N) is 1. The first-order chi connectivity index (χ1) is 11.8. The maximum absolute atomic E-state index is 13.4. The van der Waals surface area contributed by atoms with E-state index in [1.807, 2.05) is 0 Å². The molecule has 7 nitrogen and oxygen atoms in total. The average Bonchev–Trinajstić information content (AvgIpc) is 2.55. The first-order valence-corrected chi connectivity index (χ1v) is 7.26. The second-order valence-electron chi connectivity index (χ2n) is 5.32. The monoisotopic (exact) mass is 346 g/mol. The molecule has 0 aliphatic carbocycles. The highest BCUT2D eigenvalue weighted by atomic mass is 19.1. The largest absolute Gasteiger partial charge is 0.452 e. The predicted octanol–water partition coefficient (Wildman–Crippen LogP) is 3.15. The molecular formula is C17H15FN2O5. The quantitative estimate of drug-likeness (QED) is 0.509. The molecule has 8 heteroatoms. The number of benzene rings is 2. The standard InChI is InChI=1S/C17H15FN2O5/c1-10-6-7-12(8-14(10)18)19-15(21)9-25-17(22)13-5-3-4-11(2)16(13)20(23)24/h3-8H,9H2,1-2H3,(H,19,21). The van der Waals surface area contributed by atoms with Crippen LogP contribution in [0.3, 0.4) is 0 Å². The van der Waals surface area contributed by atoms with E-state index in [1.54, 1.807) is 6.92 Å². The molecule has 0 unspecified atom stereocenters. The number of hydrogen-bond donors (Lipinski definition) is 1. The molecule has 0 fully saturated rings. The molecule has 2 rings (SSSR count). The molecule has 0 atom stereocenters. The van der Waals surface area contributed by atoms with Gasteiger partial charge in [0.2, 0.25) is 0 Å². The summed E-state index contributed by atoms with van der Waals surface area (Å²) >= 11 is 0. The molecule has 1 amide bonds. The first-order valence-electron chi connectivity index (χ1n) is 7.26. The summed E-state index contributed by atoms with van der Waals surface area (Å²) in [6.07, 6.45) is 0. The van der Waals surface area contributed by atoms with Gasteiger partial charge < -0.3 is 10.1 Å². The molecule has 0 saturated carbocycles. The molecule has 0 aliphatic rings. The van der Waals surface area contributed by atoms with E-state index in [0.717, 1.165) is 6.07 Å². The summed E-state index contributed by atoms with van der Waals surface area (Å²) in [6.45, 7) is 2.42. The summed E-state index contributed by atoms with van der Waals surface area (Å²) in [7, 11) is 0. The topological polar surface area (TPSA) is 98.5 Å². The number of halogens is 1. The number of amides is 1. The van der Waals surface area contributed by atoms with Gasteiger partial charge in [-0.3, -0.25) is 14.9 Å². The summed E-state index contributed by atoms with van der Waals surface area (Å²) in [6, 6.07) is 8.36. The van der Waals surface area contributed by atoms with Crippen molar-refractivity contribution >= 4 is 23.3 Å². The van der Waals surface area contributed by atoms with Gasteiger partial charge in [0.25, 0.3) is 11.6 Å². The number of rotatable bonds is 5. The number of para-hydroxylation sites is 1. The van der Waals surface area contributed by atoms with Crippen LogP contribution >= 0.6 is 0 Å². The van der Waals surface area contributed by atoms with E-state index < -0.39 is 29.2 Å².